The molecular weight excluding hydrogens is 422 g/mol. The van der Waals surface area contributed by atoms with Crippen molar-refractivity contribution < 1.29 is 13.9 Å². The Morgan fingerprint density at radius 2 is 1.90 bits per heavy atom. The van der Waals surface area contributed by atoms with Crippen LogP contribution in [0.25, 0.3) is 11.4 Å². The maximum atomic E-state index is 12.6. The van der Waals surface area contributed by atoms with Crippen LogP contribution < -0.4 is 4.74 Å². The largest absolute Gasteiger partial charge is 0.497 e. The number of Topliss-reactive ketones (excluding diaryl/α,β-unsaturated/α-hetero) is 1. The van der Waals surface area contributed by atoms with Gasteiger partial charge in [-0.1, -0.05) is 35.5 Å². The van der Waals surface area contributed by atoms with Gasteiger partial charge in [0.1, 0.15) is 11.5 Å². The molecule has 2 aromatic carbocycles. The van der Waals surface area contributed by atoms with E-state index in [1.165, 1.54) is 11.8 Å². The third kappa shape index (κ3) is 4.42. The van der Waals surface area contributed by atoms with E-state index in [4.69, 9.17) is 20.8 Å². The molecule has 0 bridgehead atoms. The topological polar surface area (TPSA) is 70.2 Å². The summed E-state index contributed by atoms with van der Waals surface area (Å²) in [4.78, 5) is 12.6. The molecule has 30 heavy (non-hydrogen) atoms. The van der Waals surface area contributed by atoms with Crippen molar-refractivity contribution >= 4 is 29.1 Å². The van der Waals surface area contributed by atoms with Gasteiger partial charge >= 0.3 is 0 Å². The average Bonchev–Trinajstić information content (AvgIpc) is 3.43. The third-order valence-corrected chi connectivity index (χ3v) is 5.77. The van der Waals surface area contributed by atoms with Crippen LogP contribution in [0.5, 0.6) is 5.75 Å². The van der Waals surface area contributed by atoms with Gasteiger partial charge in [0, 0.05) is 11.1 Å². The molecule has 0 saturated carbocycles. The van der Waals surface area contributed by atoms with Crippen LogP contribution in [-0.2, 0) is 6.54 Å². The highest BCUT2D eigenvalue weighted by Gasteiger charge is 2.19. The van der Waals surface area contributed by atoms with Gasteiger partial charge in [0.2, 0.25) is 0 Å². The van der Waals surface area contributed by atoms with Crippen LogP contribution in [0.1, 0.15) is 16.1 Å². The van der Waals surface area contributed by atoms with E-state index in [9.17, 15) is 4.79 Å². The van der Waals surface area contributed by atoms with Crippen LogP contribution in [-0.4, -0.2) is 33.4 Å². The zero-order valence-corrected chi connectivity index (χ0v) is 17.7. The van der Waals surface area contributed by atoms with E-state index in [0.717, 1.165) is 11.3 Å². The van der Waals surface area contributed by atoms with Gasteiger partial charge in [0.05, 0.1) is 30.7 Å². The summed E-state index contributed by atoms with van der Waals surface area (Å²) in [5, 5.41) is 9.84. The lowest BCUT2D eigenvalue weighted by Gasteiger charge is -2.10. The van der Waals surface area contributed by atoms with Crippen LogP contribution in [0, 0.1) is 0 Å². The summed E-state index contributed by atoms with van der Waals surface area (Å²) >= 11 is 7.71. The second kappa shape index (κ2) is 9.19. The summed E-state index contributed by atoms with van der Waals surface area (Å²) in [7, 11) is 1.59. The molecule has 0 atom stereocenters. The maximum absolute atomic E-state index is 12.6. The molecule has 0 radical (unpaired) electrons. The fourth-order valence-corrected chi connectivity index (χ4v) is 3.98. The quantitative estimate of drug-likeness (QED) is 0.277. The van der Waals surface area contributed by atoms with E-state index in [2.05, 4.69) is 10.2 Å². The standard InChI is InChI=1S/C22H18ClN3O3S/c1-28-16-10-8-15(9-11-16)20(27)14-30-22-25-24-21(18-6-2-3-7-19(18)23)26(22)13-17-5-4-12-29-17/h2-12H,13-14H2,1H3. The molecule has 152 valence electrons. The van der Waals surface area contributed by atoms with Crippen LogP contribution in [0.15, 0.2) is 76.5 Å². The van der Waals surface area contributed by atoms with E-state index in [-0.39, 0.29) is 11.5 Å². The van der Waals surface area contributed by atoms with Crippen molar-refractivity contribution in [2.45, 2.75) is 11.7 Å². The number of carbonyl (C=O) groups excluding carboxylic acids is 1. The first-order chi connectivity index (χ1) is 14.7. The molecule has 0 aliphatic heterocycles. The second-order valence-electron chi connectivity index (χ2n) is 6.39. The van der Waals surface area contributed by atoms with Gasteiger partial charge in [0.25, 0.3) is 0 Å². The van der Waals surface area contributed by atoms with Gasteiger partial charge < -0.3 is 9.15 Å². The van der Waals surface area contributed by atoms with E-state index in [0.29, 0.717) is 33.9 Å². The maximum Gasteiger partial charge on any atom is 0.192 e. The molecule has 0 fully saturated rings. The first kappa shape index (κ1) is 20.3. The molecule has 0 N–H and O–H groups in total. The number of rotatable bonds is 8. The number of nitrogens with zero attached hydrogens (tertiary/aromatic N) is 3. The predicted octanol–water partition coefficient (Wildman–Crippen LogP) is 5.22. The Kier molecular flexibility index (Phi) is 6.21. The molecule has 6 nitrogen and oxygen atoms in total. The zero-order chi connectivity index (χ0) is 20.9. The summed E-state index contributed by atoms with van der Waals surface area (Å²) in [6, 6.07) is 18.2. The molecule has 4 rings (SSSR count). The van der Waals surface area contributed by atoms with E-state index < -0.39 is 0 Å². The summed E-state index contributed by atoms with van der Waals surface area (Å²) in [6.45, 7) is 0.430. The van der Waals surface area contributed by atoms with Crippen molar-refractivity contribution in [2.75, 3.05) is 12.9 Å². The Balaban J connectivity index is 1.59. The highest BCUT2D eigenvalue weighted by Crippen LogP contribution is 2.30. The predicted molar refractivity (Wildman–Crippen MR) is 116 cm³/mol. The fraction of sp³-hybridized carbons (Fsp3) is 0.136. The number of ether oxygens (including phenoxy) is 1. The zero-order valence-electron chi connectivity index (χ0n) is 16.1. The van der Waals surface area contributed by atoms with Crippen molar-refractivity contribution in [3.63, 3.8) is 0 Å². The highest BCUT2D eigenvalue weighted by atomic mass is 35.5. The van der Waals surface area contributed by atoms with Crippen molar-refractivity contribution in [3.8, 4) is 17.1 Å². The fourth-order valence-electron chi connectivity index (χ4n) is 2.93. The molecule has 2 heterocycles. The summed E-state index contributed by atoms with van der Waals surface area (Å²) in [5.41, 5.74) is 1.39. The van der Waals surface area contributed by atoms with Gasteiger partial charge in [-0.3, -0.25) is 9.36 Å². The van der Waals surface area contributed by atoms with Crippen molar-refractivity contribution in [3.05, 3.63) is 83.3 Å². The normalized spacial score (nSPS) is 10.9. The molecule has 8 heteroatoms. The minimum Gasteiger partial charge on any atom is -0.497 e. The third-order valence-electron chi connectivity index (χ3n) is 4.47. The molecule has 4 aromatic rings. The van der Waals surface area contributed by atoms with Gasteiger partial charge in [-0.2, -0.15) is 0 Å². The number of aromatic nitrogens is 3. The highest BCUT2D eigenvalue weighted by molar-refractivity contribution is 7.99. The lowest BCUT2D eigenvalue weighted by molar-refractivity contribution is 0.102. The Labute approximate surface area is 182 Å². The number of ketones is 1. The van der Waals surface area contributed by atoms with E-state index in [1.807, 2.05) is 41.0 Å². The molecule has 2 aromatic heterocycles. The van der Waals surface area contributed by atoms with E-state index >= 15 is 0 Å². The first-order valence-corrected chi connectivity index (χ1v) is 10.5. The van der Waals surface area contributed by atoms with Crippen LogP contribution in [0.3, 0.4) is 0 Å². The van der Waals surface area contributed by atoms with Gasteiger partial charge in [-0.25, -0.2) is 0 Å². The Morgan fingerprint density at radius 3 is 2.60 bits per heavy atom. The van der Waals surface area contributed by atoms with Crippen LogP contribution in [0.2, 0.25) is 5.02 Å². The molecule has 0 aliphatic rings. The lowest BCUT2D eigenvalue weighted by atomic mass is 10.1. The smallest absolute Gasteiger partial charge is 0.192 e. The monoisotopic (exact) mass is 439 g/mol. The summed E-state index contributed by atoms with van der Waals surface area (Å²) in [5.74, 6) is 2.31. The van der Waals surface area contributed by atoms with Gasteiger partial charge in [-0.05, 0) is 48.5 Å². The van der Waals surface area contributed by atoms with Crippen LogP contribution in [0.4, 0.5) is 0 Å². The minimum absolute atomic E-state index is 0.00510. The molecule has 0 spiro atoms. The molecular formula is C22H18ClN3O3S. The Hall–Kier alpha value is -3.03. The van der Waals surface area contributed by atoms with Crippen molar-refractivity contribution in [2.24, 2.45) is 0 Å². The van der Waals surface area contributed by atoms with Gasteiger partial charge in [0.15, 0.2) is 16.8 Å². The summed E-state index contributed by atoms with van der Waals surface area (Å²) < 4.78 is 12.6. The number of thioether (sulfide) groups is 1. The van der Waals surface area contributed by atoms with Crippen molar-refractivity contribution in [1.29, 1.82) is 0 Å². The minimum atomic E-state index is -0.00510. The van der Waals surface area contributed by atoms with Crippen molar-refractivity contribution in [1.82, 2.24) is 14.8 Å². The molecule has 0 amide bonds. The SMILES string of the molecule is COc1ccc(C(=O)CSc2nnc(-c3ccccc3Cl)n2Cc2ccco2)cc1. The lowest BCUT2D eigenvalue weighted by Crippen LogP contribution is -2.07. The number of carbonyl (C=O) groups is 1. The average molecular weight is 440 g/mol. The van der Waals surface area contributed by atoms with E-state index in [1.54, 1.807) is 37.6 Å². The van der Waals surface area contributed by atoms with Crippen LogP contribution >= 0.6 is 23.4 Å². The number of halogens is 1. The Morgan fingerprint density at radius 1 is 1.10 bits per heavy atom. The number of methoxy groups -OCH3 is 1. The molecule has 0 aliphatic carbocycles. The second-order valence-corrected chi connectivity index (χ2v) is 7.74. The summed E-state index contributed by atoms with van der Waals surface area (Å²) in [6.07, 6.45) is 1.62. The Bertz CT molecular complexity index is 1140. The number of hydrogen-bond donors (Lipinski definition) is 0. The number of benzene rings is 2. The number of furan rings is 1. The number of hydrogen-bond acceptors (Lipinski definition) is 6. The van der Waals surface area contributed by atoms with Gasteiger partial charge in [-0.15, -0.1) is 10.2 Å². The first-order valence-electron chi connectivity index (χ1n) is 9.16. The molecule has 0 saturated heterocycles. The molecule has 0 unspecified atom stereocenters.